The zero-order valence-corrected chi connectivity index (χ0v) is 8.67. The maximum absolute atomic E-state index is 13.3. The highest BCUT2D eigenvalue weighted by molar-refractivity contribution is 6.32. The van der Waals surface area contributed by atoms with Crippen molar-refractivity contribution >= 4 is 23.1 Å². The SMILES string of the molecule is Fc1ccc(Nc2ncncc2Cl)c(F)c1. The van der Waals surface area contributed by atoms with Gasteiger partial charge in [-0.25, -0.2) is 18.7 Å². The molecule has 0 bridgehead atoms. The minimum Gasteiger partial charge on any atom is -0.336 e. The number of halogens is 3. The molecule has 0 saturated carbocycles. The largest absolute Gasteiger partial charge is 0.336 e. The van der Waals surface area contributed by atoms with Crippen LogP contribution in [0.5, 0.6) is 0 Å². The summed E-state index contributed by atoms with van der Waals surface area (Å²) in [5.41, 5.74) is 0.0991. The molecule has 1 N–H and O–H groups in total. The quantitative estimate of drug-likeness (QED) is 0.878. The highest BCUT2D eigenvalue weighted by Crippen LogP contribution is 2.23. The standard InChI is InChI=1S/C10H6ClF2N3/c11-7-4-14-5-15-10(7)16-9-2-1-6(12)3-8(9)13/h1-5H,(H,14,15,16). The molecule has 2 rings (SSSR count). The molecule has 0 unspecified atom stereocenters. The van der Waals surface area contributed by atoms with E-state index in [0.717, 1.165) is 12.1 Å². The number of aromatic nitrogens is 2. The number of nitrogens with zero attached hydrogens (tertiary/aromatic N) is 2. The summed E-state index contributed by atoms with van der Waals surface area (Å²) < 4.78 is 25.9. The number of nitrogens with one attached hydrogen (secondary N) is 1. The van der Waals surface area contributed by atoms with Crippen LogP contribution < -0.4 is 5.32 Å². The van der Waals surface area contributed by atoms with Crippen molar-refractivity contribution in [2.45, 2.75) is 0 Å². The molecule has 0 atom stereocenters. The van der Waals surface area contributed by atoms with E-state index in [1.807, 2.05) is 0 Å². The van der Waals surface area contributed by atoms with Crippen LogP contribution in [0.3, 0.4) is 0 Å². The third kappa shape index (κ3) is 2.25. The van der Waals surface area contributed by atoms with Crippen molar-refractivity contribution in [3.63, 3.8) is 0 Å². The molecular formula is C10H6ClF2N3. The fourth-order valence-electron chi connectivity index (χ4n) is 1.12. The highest BCUT2D eigenvalue weighted by Gasteiger charge is 2.06. The zero-order chi connectivity index (χ0) is 11.5. The number of hydrogen-bond acceptors (Lipinski definition) is 3. The van der Waals surface area contributed by atoms with E-state index in [9.17, 15) is 8.78 Å². The van der Waals surface area contributed by atoms with Crippen LogP contribution in [0.25, 0.3) is 0 Å². The Hall–Kier alpha value is -1.75. The molecule has 3 nitrogen and oxygen atoms in total. The van der Waals surface area contributed by atoms with E-state index in [2.05, 4.69) is 15.3 Å². The molecule has 1 heterocycles. The first-order valence-electron chi connectivity index (χ1n) is 4.34. The lowest BCUT2D eigenvalue weighted by Crippen LogP contribution is -1.97. The van der Waals surface area contributed by atoms with E-state index in [0.29, 0.717) is 0 Å². The van der Waals surface area contributed by atoms with Gasteiger partial charge in [0.2, 0.25) is 0 Å². The van der Waals surface area contributed by atoms with Gasteiger partial charge in [0.1, 0.15) is 23.0 Å². The summed E-state index contributed by atoms with van der Waals surface area (Å²) in [6.07, 6.45) is 2.65. The molecule has 0 aliphatic carbocycles. The van der Waals surface area contributed by atoms with Gasteiger partial charge in [-0.3, -0.25) is 0 Å². The van der Waals surface area contributed by atoms with Crippen LogP contribution >= 0.6 is 11.6 Å². The lowest BCUT2D eigenvalue weighted by atomic mass is 10.3. The number of benzene rings is 1. The number of anilines is 2. The van der Waals surface area contributed by atoms with Crippen LogP contribution in [0.15, 0.2) is 30.7 Å². The number of rotatable bonds is 2. The second-order valence-corrected chi connectivity index (χ2v) is 3.38. The average molecular weight is 242 g/mol. The molecule has 0 saturated heterocycles. The first kappa shape index (κ1) is 10.8. The van der Waals surface area contributed by atoms with Gasteiger partial charge in [-0.1, -0.05) is 11.6 Å². The second-order valence-electron chi connectivity index (χ2n) is 2.97. The van der Waals surface area contributed by atoms with Crippen LogP contribution in [0.1, 0.15) is 0 Å². The van der Waals surface area contributed by atoms with Crippen LogP contribution in [-0.2, 0) is 0 Å². The lowest BCUT2D eigenvalue weighted by molar-refractivity contribution is 0.586. The molecule has 0 spiro atoms. The van der Waals surface area contributed by atoms with Crippen LogP contribution in [0.2, 0.25) is 5.02 Å². The Balaban J connectivity index is 2.31. The van der Waals surface area contributed by atoms with E-state index in [1.165, 1.54) is 18.6 Å². The minimum atomic E-state index is -0.713. The van der Waals surface area contributed by atoms with Crippen LogP contribution in [0, 0.1) is 11.6 Å². The van der Waals surface area contributed by atoms with Crippen LogP contribution in [-0.4, -0.2) is 9.97 Å². The van der Waals surface area contributed by atoms with Gasteiger partial charge >= 0.3 is 0 Å². The Morgan fingerprint density at radius 3 is 2.75 bits per heavy atom. The maximum atomic E-state index is 13.3. The van der Waals surface area contributed by atoms with E-state index < -0.39 is 11.6 Å². The van der Waals surface area contributed by atoms with Crippen LogP contribution in [0.4, 0.5) is 20.3 Å². The molecule has 0 radical (unpaired) electrons. The van der Waals surface area contributed by atoms with Gasteiger partial charge in [0, 0.05) is 6.07 Å². The van der Waals surface area contributed by atoms with Crippen molar-refractivity contribution < 1.29 is 8.78 Å². The van der Waals surface area contributed by atoms with E-state index >= 15 is 0 Å². The summed E-state index contributed by atoms with van der Waals surface area (Å²) >= 11 is 5.77. The van der Waals surface area contributed by atoms with Crippen molar-refractivity contribution in [2.24, 2.45) is 0 Å². The first-order chi connectivity index (χ1) is 7.66. The number of hydrogen-bond donors (Lipinski definition) is 1. The summed E-state index contributed by atoms with van der Waals surface area (Å²) in [5.74, 6) is -1.09. The van der Waals surface area contributed by atoms with Gasteiger partial charge in [0.15, 0.2) is 5.82 Å². The molecule has 0 fully saturated rings. The third-order valence-electron chi connectivity index (χ3n) is 1.85. The molecule has 2 aromatic rings. The fraction of sp³-hybridized carbons (Fsp3) is 0. The minimum absolute atomic E-state index is 0.0991. The van der Waals surface area contributed by atoms with E-state index in [1.54, 1.807) is 0 Å². The zero-order valence-electron chi connectivity index (χ0n) is 7.92. The van der Waals surface area contributed by atoms with Gasteiger partial charge in [0.25, 0.3) is 0 Å². The molecule has 6 heteroatoms. The molecule has 0 aliphatic rings. The summed E-state index contributed by atoms with van der Waals surface area (Å²) in [5, 5.41) is 2.90. The van der Waals surface area contributed by atoms with Crippen molar-refractivity contribution in [1.82, 2.24) is 9.97 Å². The second kappa shape index (κ2) is 4.40. The molecule has 1 aromatic carbocycles. The molecular weight excluding hydrogens is 236 g/mol. The first-order valence-corrected chi connectivity index (χ1v) is 4.72. The topological polar surface area (TPSA) is 37.8 Å². The summed E-state index contributed by atoms with van der Waals surface area (Å²) in [6.45, 7) is 0. The Labute approximate surface area is 95.1 Å². The summed E-state index contributed by atoms with van der Waals surface area (Å²) in [7, 11) is 0. The van der Waals surface area contributed by atoms with E-state index in [4.69, 9.17) is 11.6 Å². The summed E-state index contributed by atoms with van der Waals surface area (Å²) in [6, 6.07) is 3.18. The molecule has 0 amide bonds. The fourth-order valence-corrected chi connectivity index (χ4v) is 1.28. The summed E-state index contributed by atoms with van der Waals surface area (Å²) in [4.78, 5) is 7.51. The monoisotopic (exact) mass is 241 g/mol. The molecule has 0 aliphatic heterocycles. The predicted molar refractivity (Wildman–Crippen MR) is 56.7 cm³/mol. The van der Waals surface area contributed by atoms with Gasteiger partial charge in [-0.15, -0.1) is 0 Å². The Kier molecular flexibility index (Phi) is 2.96. The Bertz CT molecular complexity index is 519. The Morgan fingerprint density at radius 1 is 1.25 bits per heavy atom. The van der Waals surface area contributed by atoms with E-state index in [-0.39, 0.29) is 16.5 Å². The van der Waals surface area contributed by atoms with Crippen molar-refractivity contribution in [2.75, 3.05) is 5.32 Å². The lowest BCUT2D eigenvalue weighted by Gasteiger charge is -2.07. The molecule has 1 aromatic heterocycles. The molecule has 82 valence electrons. The van der Waals surface area contributed by atoms with Gasteiger partial charge in [0.05, 0.1) is 11.9 Å². The smallest absolute Gasteiger partial charge is 0.152 e. The average Bonchev–Trinajstić information content (AvgIpc) is 2.25. The van der Waals surface area contributed by atoms with Gasteiger partial charge in [-0.2, -0.15) is 0 Å². The van der Waals surface area contributed by atoms with Gasteiger partial charge < -0.3 is 5.32 Å². The van der Waals surface area contributed by atoms with Crippen molar-refractivity contribution in [1.29, 1.82) is 0 Å². The molecule has 16 heavy (non-hydrogen) atoms. The predicted octanol–water partition coefficient (Wildman–Crippen LogP) is 3.15. The van der Waals surface area contributed by atoms with Crippen molar-refractivity contribution in [3.8, 4) is 0 Å². The normalized spacial score (nSPS) is 10.2. The highest BCUT2D eigenvalue weighted by atomic mass is 35.5. The van der Waals surface area contributed by atoms with Crippen molar-refractivity contribution in [3.05, 3.63) is 47.4 Å². The maximum Gasteiger partial charge on any atom is 0.152 e. The third-order valence-corrected chi connectivity index (χ3v) is 2.13. The van der Waals surface area contributed by atoms with Gasteiger partial charge in [-0.05, 0) is 12.1 Å². The Morgan fingerprint density at radius 2 is 2.06 bits per heavy atom.